The second-order valence-electron chi connectivity index (χ2n) is 3.47. The van der Waals surface area contributed by atoms with E-state index in [1.807, 2.05) is 18.2 Å². The molecule has 0 saturated carbocycles. The molecule has 0 saturated heterocycles. The van der Waals surface area contributed by atoms with Gasteiger partial charge >= 0.3 is 0 Å². The van der Waals surface area contributed by atoms with Crippen molar-refractivity contribution in [3.8, 4) is 0 Å². The second-order valence-corrected chi connectivity index (χ2v) is 3.88. The smallest absolute Gasteiger partial charge is 0.135 e. The van der Waals surface area contributed by atoms with E-state index in [1.54, 1.807) is 12.3 Å². The zero-order valence-electron chi connectivity index (χ0n) is 9.03. The number of ketones is 1. The van der Waals surface area contributed by atoms with Gasteiger partial charge in [-0.15, -0.1) is 0 Å². The Morgan fingerprint density at radius 1 is 1.50 bits per heavy atom. The van der Waals surface area contributed by atoms with Crippen LogP contribution >= 0.6 is 11.6 Å². The van der Waals surface area contributed by atoms with E-state index in [0.717, 1.165) is 5.56 Å². The lowest BCUT2D eigenvalue weighted by Gasteiger charge is -1.97. The van der Waals surface area contributed by atoms with E-state index >= 15 is 0 Å². The highest BCUT2D eigenvalue weighted by atomic mass is 35.5. The monoisotopic (exact) mass is 236 g/mol. The summed E-state index contributed by atoms with van der Waals surface area (Å²) in [7, 11) is 0. The predicted molar refractivity (Wildman–Crippen MR) is 66.9 cm³/mol. The Hall–Kier alpha value is -1.48. The number of carbonyl (C=O) groups is 1. The molecule has 0 radical (unpaired) electrons. The van der Waals surface area contributed by atoms with Gasteiger partial charge in [0.05, 0.1) is 6.54 Å². The maximum absolute atomic E-state index is 10.7. The van der Waals surface area contributed by atoms with Crippen molar-refractivity contribution in [3.05, 3.63) is 34.9 Å². The van der Waals surface area contributed by atoms with Crippen LogP contribution in [0.25, 0.3) is 0 Å². The molecule has 0 atom stereocenters. The highest BCUT2D eigenvalue weighted by molar-refractivity contribution is 6.33. The molecule has 0 spiro atoms. The molecule has 0 unspecified atom stereocenters. The molecule has 0 aliphatic heterocycles. The lowest BCUT2D eigenvalue weighted by molar-refractivity contribution is -0.115. The maximum Gasteiger partial charge on any atom is 0.135 e. The minimum absolute atomic E-state index is 0.0158. The molecule has 16 heavy (non-hydrogen) atoms. The zero-order chi connectivity index (χ0) is 12.0. The van der Waals surface area contributed by atoms with E-state index in [2.05, 4.69) is 4.99 Å². The van der Waals surface area contributed by atoms with Gasteiger partial charge in [-0.1, -0.05) is 29.8 Å². The Bertz CT molecular complexity index is 427. The van der Waals surface area contributed by atoms with Gasteiger partial charge in [0.1, 0.15) is 5.78 Å². The summed E-state index contributed by atoms with van der Waals surface area (Å²) in [6, 6.07) is 7.34. The first-order valence-electron chi connectivity index (χ1n) is 4.89. The van der Waals surface area contributed by atoms with Gasteiger partial charge in [0, 0.05) is 28.9 Å². The molecule has 1 aromatic carbocycles. The fourth-order valence-electron chi connectivity index (χ4n) is 1.19. The highest BCUT2D eigenvalue weighted by Gasteiger charge is 1.99. The number of halogens is 1. The molecule has 1 rings (SSSR count). The third kappa shape index (κ3) is 4.36. The van der Waals surface area contributed by atoms with E-state index in [4.69, 9.17) is 17.0 Å². The van der Waals surface area contributed by atoms with Crippen LogP contribution in [0.2, 0.25) is 5.02 Å². The predicted octanol–water partition coefficient (Wildman–Crippen LogP) is 2.76. The fourth-order valence-corrected chi connectivity index (χ4v) is 1.37. The van der Waals surface area contributed by atoms with Gasteiger partial charge < -0.3 is 5.41 Å². The van der Waals surface area contributed by atoms with E-state index in [9.17, 15) is 4.79 Å². The molecule has 1 aromatic rings. The number of carbonyl (C=O) groups excluding carboxylic acids is 1. The van der Waals surface area contributed by atoms with Crippen molar-refractivity contribution in [2.45, 2.75) is 13.3 Å². The number of nitrogens with zero attached hydrogens (tertiary/aromatic N) is 1. The Labute approximate surface area is 99.7 Å². The molecule has 0 aliphatic rings. The third-order valence-corrected chi connectivity index (χ3v) is 2.22. The van der Waals surface area contributed by atoms with Crippen molar-refractivity contribution in [2.75, 3.05) is 6.54 Å². The molecule has 4 heteroatoms. The van der Waals surface area contributed by atoms with Crippen LogP contribution < -0.4 is 0 Å². The van der Waals surface area contributed by atoms with Crippen molar-refractivity contribution >= 4 is 29.3 Å². The molecular formula is C12H13ClN2O. The van der Waals surface area contributed by atoms with Crippen LogP contribution in [-0.2, 0) is 4.79 Å². The van der Waals surface area contributed by atoms with Crippen molar-refractivity contribution in [1.29, 1.82) is 5.41 Å². The van der Waals surface area contributed by atoms with Gasteiger partial charge in [-0.05, 0) is 13.0 Å². The van der Waals surface area contributed by atoms with Crippen LogP contribution in [0.3, 0.4) is 0 Å². The molecule has 3 nitrogen and oxygen atoms in total. The summed E-state index contributed by atoms with van der Waals surface area (Å²) in [6.45, 7) is 1.71. The molecular weight excluding hydrogens is 224 g/mol. The highest BCUT2D eigenvalue weighted by Crippen LogP contribution is 2.12. The summed E-state index contributed by atoms with van der Waals surface area (Å²) in [6.07, 6.45) is 1.79. The minimum Gasteiger partial charge on any atom is -0.307 e. The Balaban J connectivity index is 2.52. The molecule has 0 fully saturated rings. The summed E-state index contributed by atoms with van der Waals surface area (Å²) in [5.74, 6) is -0.0158. The normalized spacial score (nSPS) is 10.6. The summed E-state index contributed by atoms with van der Waals surface area (Å²) in [5.41, 5.74) is 1.13. The average molecular weight is 237 g/mol. The van der Waals surface area contributed by atoms with E-state index in [0.29, 0.717) is 10.7 Å². The Kier molecular flexibility index (Phi) is 4.86. The first-order chi connectivity index (χ1) is 7.59. The van der Waals surface area contributed by atoms with Crippen LogP contribution in [0.1, 0.15) is 18.9 Å². The molecule has 0 heterocycles. The van der Waals surface area contributed by atoms with Crippen LogP contribution in [0.4, 0.5) is 0 Å². The summed E-state index contributed by atoms with van der Waals surface area (Å²) in [4.78, 5) is 14.8. The SMILES string of the molecule is CC(=O)CC(=N)CN=Cc1ccccc1Cl. The largest absolute Gasteiger partial charge is 0.307 e. The second kappa shape index (κ2) is 6.18. The molecule has 84 valence electrons. The molecule has 0 aromatic heterocycles. The van der Waals surface area contributed by atoms with E-state index in [1.165, 1.54) is 6.92 Å². The number of Topliss-reactive ketones (excluding diaryl/α,β-unsaturated/α-hetero) is 1. The number of nitrogens with one attached hydrogen (secondary N) is 1. The van der Waals surface area contributed by atoms with Crippen LogP contribution in [-0.4, -0.2) is 24.3 Å². The number of hydrogen-bond acceptors (Lipinski definition) is 3. The molecule has 0 bridgehead atoms. The first kappa shape index (κ1) is 12.6. The van der Waals surface area contributed by atoms with Crippen molar-refractivity contribution in [3.63, 3.8) is 0 Å². The van der Waals surface area contributed by atoms with Gasteiger partial charge in [-0.2, -0.15) is 0 Å². The quantitative estimate of drug-likeness (QED) is 0.786. The van der Waals surface area contributed by atoms with Crippen molar-refractivity contribution in [2.24, 2.45) is 4.99 Å². The van der Waals surface area contributed by atoms with Gasteiger partial charge in [0.25, 0.3) is 0 Å². The summed E-state index contributed by atoms with van der Waals surface area (Å²) < 4.78 is 0. The molecule has 1 N–H and O–H groups in total. The topological polar surface area (TPSA) is 53.3 Å². The van der Waals surface area contributed by atoms with Crippen molar-refractivity contribution < 1.29 is 4.79 Å². The maximum atomic E-state index is 10.7. The first-order valence-corrected chi connectivity index (χ1v) is 5.27. The number of aliphatic imine (C=N–C) groups is 1. The van der Waals surface area contributed by atoms with Gasteiger partial charge in [-0.3, -0.25) is 9.79 Å². The number of benzene rings is 1. The Morgan fingerprint density at radius 3 is 2.81 bits per heavy atom. The van der Waals surface area contributed by atoms with Gasteiger partial charge in [-0.25, -0.2) is 0 Å². The zero-order valence-corrected chi connectivity index (χ0v) is 9.79. The average Bonchev–Trinajstić information content (AvgIpc) is 2.19. The molecule has 0 aliphatic carbocycles. The third-order valence-electron chi connectivity index (χ3n) is 1.88. The van der Waals surface area contributed by atoms with Crippen LogP contribution in [0.5, 0.6) is 0 Å². The van der Waals surface area contributed by atoms with Crippen LogP contribution in [0.15, 0.2) is 29.3 Å². The van der Waals surface area contributed by atoms with Gasteiger partial charge in [0.15, 0.2) is 0 Å². The van der Waals surface area contributed by atoms with Crippen LogP contribution in [0, 0.1) is 5.41 Å². The fraction of sp³-hybridized carbons (Fsp3) is 0.250. The van der Waals surface area contributed by atoms with E-state index < -0.39 is 0 Å². The standard InChI is InChI=1S/C12H13ClN2O/c1-9(16)6-11(14)8-15-7-10-4-2-3-5-12(10)13/h2-5,7,14H,6,8H2,1H3. The Morgan fingerprint density at radius 2 is 2.19 bits per heavy atom. The van der Waals surface area contributed by atoms with E-state index in [-0.39, 0.29) is 18.7 Å². The lowest BCUT2D eigenvalue weighted by Crippen LogP contribution is -2.06. The summed E-state index contributed by atoms with van der Waals surface area (Å²) >= 11 is 5.92. The van der Waals surface area contributed by atoms with Crippen molar-refractivity contribution in [1.82, 2.24) is 0 Å². The molecule has 0 amide bonds. The lowest BCUT2D eigenvalue weighted by atomic mass is 10.2. The van der Waals surface area contributed by atoms with Gasteiger partial charge in [0.2, 0.25) is 0 Å². The minimum atomic E-state index is -0.0158. The number of rotatable bonds is 5. The number of hydrogen-bond donors (Lipinski definition) is 1. The summed E-state index contributed by atoms with van der Waals surface area (Å²) in [5, 5.41) is 8.10.